The number of sulfonamides is 1. The molecule has 1 aromatic rings. The van der Waals surface area contributed by atoms with E-state index in [0.29, 0.717) is 35.7 Å². The number of methoxy groups -OCH3 is 1. The third-order valence-electron chi connectivity index (χ3n) is 6.49. The molecule has 2 saturated heterocycles. The lowest BCUT2D eigenvalue weighted by Gasteiger charge is -2.54. The zero-order valence-corrected chi connectivity index (χ0v) is 16.5. The number of piperidine rings is 1. The molecule has 26 heavy (non-hydrogen) atoms. The smallest absolute Gasteiger partial charge is 0.243 e. The Bertz CT molecular complexity index is 730. The van der Waals surface area contributed by atoms with Gasteiger partial charge in [0, 0.05) is 44.2 Å². The van der Waals surface area contributed by atoms with Gasteiger partial charge in [0.25, 0.3) is 0 Å². The van der Waals surface area contributed by atoms with Crippen molar-refractivity contribution in [3.8, 4) is 5.75 Å². The molecule has 0 amide bonds. The summed E-state index contributed by atoms with van der Waals surface area (Å²) >= 11 is 0. The summed E-state index contributed by atoms with van der Waals surface area (Å²) in [6.45, 7) is 3.57. The van der Waals surface area contributed by atoms with Crippen molar-refractivity contribution in [2.45, 2.75) is 49.5 Å². The minimum Gasteiger partial charge on any atom is -0.497 e. The summed E-state index contributed by atoms with van der Waals surface area (Å²) in [5.74, 6) is 1.94. The lowest BCUT2D eigenvalue weighted by Crippen LogP contribution is -2.64. The number of hydrogen-bond acceptors (Lipinski definition) is 4. The van der Waals surface area contributed by atoms with Crippen LogP contribution in [-0.4, -0.2) is 57.0 Å². The van der Waals surface area contributed by atoms with Crippen molar-refractivity contribution in [1.29, 1.82) is 0 Å². The standard InChI is InChI=1S/C20H30N2O3S/c1-25-18-8-5-9-19(12-18)26(23,24)22-11-10-20-17(15-22)14-21(20)13-16-6-3-2-4-7-16/h5,8-9,12,16-17,20H,2-4,6-7,10-11,13-15H2,1H3/t17-,20-/m0/s1. The molecule has 1 aromatic carbocycles. The maximum absolute atomic E-state index is 13.0. The van der Waals surface area contributed by atoms with E-state index in [0.717, 1.165) is 18.9 Å². The molecule has 0 unspecified atom stereocenters. The van der Waals surface area contributed by atoms with Crippen LogP contribution in [-0.2, 0) is 10.0 Å². The molecule has 4 rings (SSSR count). The number of likely N-dealkylation sites (tertiary alicyclic amines) is 1. The third-order valence-corrected chi connectivity index (χ3v) is 8.35. The first-order chi connectivity index (χ1) is 12.6. The van der Waals surface area contributed by atoms with Crippen LogP contribution < -0.4 is 4.74 Å². The molecule has 0 bridgehead atoms. The Morgan fingerprint density at radius 3 is 2.65 bits per heavy atom. The van der Waals surface area contributed by atoms with Crippen molar-refractivity contribution in [2.24, 2.45) is 11.8 Å². The highest BCUT2D eigenvalue weighted by molar-refractivity contribution is 7.89. The first-order valence-corrected chi connectivity index (χ1v) is 11.4. The quantitative estimate of drug-likeness (QED) is 0.790. The second-order valence-corrected chi connectivity index (χ2v) is 10.1. The van der Waals surface area contributed by atoms with Gasteiger partial charge < -0.3 is 4.74 Å². The molecule has 6 heteroatoms. The van der Waals surface area contributed by atoms with Gasteiger partial charge in [-0.05, 0) is 37.3 Å². The molecule has 2 aliphatic heterocycles. The van der Waals surface area contributed by atoms with E-state index < -0.39 is 10.0 Å². The summed E-state index contributed by atoms with van der Waals surface area (Å²) in [6, 6.07) is 7.40. The van der Waals surface area contributed by atoms with E-state index in [9.17, 15) is 8.42 Å². The Kier molecular flexibility index (Phi) is 5.26. The molecule has 0 spiro atoms. The van der Waals surface area contributed by atoms with Crippen LogP contribution in [0.15, 0.2) is 29.2 Å². The van der Waals surface area contributed by atoms with Crippen LogP contribution in [0.25, 0.3) is 0 Å². The van der Waals surface area contributed by atoms with Crippen LogP contribution in [0.5, 0.6) is 5.75 Å². The molecule has 3 aliphatic rings. The molecule has 144 valence electrons. The molecular formula is C20H30N2O3S. The fraction of sp³-hybridized carbons (Fsp3) is 0.700. The Balaban J connectivity index is 1.37. The SMILES string of the molecule is COc1cccc(S(=O)(=O)N2CC[C@H]3[C@@H](CN3CC3CCCCC3)C2)c1. The highest BCUT2D eigenvalue weighted by Crippen LogP contribution is 2.37. The van der Waals surface area contributed by atoms with Crippen molar-refractivity contribution >= 4 is 10.0 Å². The van der Waals surface area contributed by atoms with Crippen LogP contribution in [0.4, 0.5) is 0 Å². The number of benzene rings is 1. The van der Waals surface area contributed by atoms with Gasteiger partial charge in [-0.15, -0.1) is 0 Å². The maximum atomic E-state index is 13.0. The molecule has 2 atom stereocenters. The van der Waals surface area contributed by atoms with Gasteiger partial charge in [0.2, 0.25) is 10.0 Å². The highest BCUT2D eigenvalue weighted by atomic mass is 32.2. The van der Waals surface area contributed by atoms with E-state index >= 15 is 0 Å². The normalized spacial score (nSPS) is 28.3. The van der Waals surface area contributed by atoms with Gasteiger partial charge in [0.15, 0.2) is 0 Å². The lowest BCUT2D eigenvalue weighted by molar-refractivity contribution is -0.0369. The Morgan fingerprint density at radius 1 is 1.12 bits per heavy atom. The van der Waals surface area contributed by atoms with E-state index in [1.165, 1.54) is 38.6 Å². The average Bonchev–Trinajstić information content (AvgIpc) is 2.66. The average molecular weight is 379 g/mol. The Morgan fingerprint density at radius 2 is 1.92 bits per heavy atom. The predicted molar refractivity (Wildman–Crippen MR) is 102 cm³/mol. The second-order valence-electron chi connectivity index (χ2n) is 8.12. The molecule has 2 heterocycles. The molecule has 1 saturated carbocycles. The van der Waals surface area contributed by atoms with Crippen molar-refractivity contribution in [1.82, 2.24) is 9.21 Å². The van der Waals surface area contributed by atoms with E-state index in [1.807, 2.05) is 0 Å². The van der Waals surface area contributed by atoms with Crippen molar-refractivity contribution in [3.63, 3.8) is 0 Å². The maximum Gasteiger partial charge on any atom is 0.243 e. The van der Waals surface area contributed by atoms with Gasteiger partial charge in [-0.3, -0.25) is 4.90 Å². The molecule has 0 aromatic heterocycles. The minimum atomic E-state index is -3.43. The zero-order valence-electron chi connectivity index (χ0n) is 15.6. The Hall–Kier alpha value is -1.11. The fourth-order valence-corrected chi connectivity index (χ4v) is 6.53. The van der Waals surface area contributed by atoms with E-state index in [4.69, 9.17) is 4.74 Å². The number of rotatable bonds is 5. The summed E-state index contributed by atoms with van der Waals surface area (Å²) in [6.07, 6.45) is 7.90. The summed E-state index contributed by atoms with van der Waals surface area (Å²) in [5.41, 5.74) is 0. The topological polar surface area (TPSA) is 49.9 Å². The van der Waals surface area contributed by atoms with E-state index in [2.05, 4.69) is 4.90 Å². The number of hydrogen-bond donors (Lipinski definition) is 0. The highest BCUT2D eigenvalue weighted by Gasteiger charge is 2.45. The summed E-state index contributed by atoms with van der Waals surface area (Å²) in [4.78, 5) is 2.96. The Labute approximate surface area is 157 Å². The monoisotopic (exact) mass is 378 g/mol. The van der Waals surface area contributed by atoms with Gasteiger partial charge in [-0.1, -0.05) is 25.3 Å². The van der Waals surface area contributed by atoms with E-state index in [1.54, 1.807) is 35.7 Å². The second kappa shape index (κ2) is 7.49. The van der Waals surface area contributed by atoms with Crippen LogP contribution >= 0.6 is 0 Å². The van der Waals surface area contributed by atoms with Gasteiger partial charge in [0.1, 0.15) is 5.75 Å². The van der Waals surface area contributed by atoms with Crippen LogP contribution in [0.2, 0.25) is 0 Å². The molecule has 1 aliphatic carbocycles. The first kappa shape index (κ1) is 18.3. The van der Waals surface area contributed by atoms with Gasteiger partial charge in [-0.25, -0.2) is 8.42 Å². The lowest BCUT2D eigenvalue weighted by atomic mass is 9.81. The number of fused-ring (bicyclic) bond motifs is 1. The summed E-state index contributed by atoms with van der Waals surface area (Å²) in [7, 11) is -1.86. The van der Waals surface area contributed by atoms with Crippen LogP contribution in [0.3, 0.4) is 0 Å². The number of nitrogens with zero attached hydrogens (tertiary/aromatic N) is 2. The van der Waals surface area contributed by atoms with Crippen molar-refractivity contribution in [3.05, 3.63) is 24.3 Å². The van der Waals surface area contributed by atoms with Gasteiger partial charge in [-0.2, -0.15) is 4.31 Å². The van der Waals surface area contributed by atoms with E-state index in [-0.39, 0.29) is 0 Å². The van der Waals surface area contributed by atoms with Crippen molar-refractivity contribution in [2.75, 3.05) is 33.3 Å². The predicted octanol–water partition coefficient (Wildman–Crippen LogP) is 2.97. The van der Waals surface area contributed by atoms with Gasteiger partial charge >= 0.3 is 0 Å². The van der Waals surface area contributed by atoms with Crippen molar-refractivity contribution < 1.29 is 13.2 Å². The summed E-state index contributed by atoms with van der Waals surface area (Å²) in [5, 5.41) is 0. The van der Waals surface area contributed by atoms with Crippen LogP contribution in [0, 0.1) is 11.8 Å². The molecule has 0 radical (unpaired) electrons. The largest absolute Gasteiger partial charge is 0.497 e. The zero-order chi connectivity index (χ0) is 18.1. The van der Waals surface area contributed by atoms with Crippen LogP contribution in [0.1, 0.15) is 38.5 Å². The molecule has 3 fully saturated rings. The number of ether oxygens (including phenoxy) is 1. The van der Waals surface area contributed by atoms with Gasteiger partial charge in [0.05, 0.1) is 12.0 Å². The first-order valence-electron chi connectivity index (χ1n) is 9.96. The fourth-order valence-electron chi connectivity index (χ4n) is 4.99. The molecule has 5 nitrogen and oxygen atoms in total. The molecule has 0 N–H and O–H groups in total. The third kappa shape index (κ3) is 3.51. The summed E-state index contributed by atoms with van der Waals surface area (Å²) < 4.78 is 32.8. The minimum absolute atomic E-state index is 0.341. The molecular weight excluding hydrogens is 348 g/mol.